The molecule has 1 aromatic carbocycles. The van der Waals surface area contributed by atoms with Crippen LogP contribution in [0.3, 0.4) is 0 Å². The number of carbonyl (C=O) groups is 1. The molecule has 1 amide bonds. The first kappa shape index (κ1) is 20.8. The van der Waals surface area contributed by atoms with E-state index in [2.05, 4.69) is 5.32 Å². The summed E-state index contributed by atoms with van der Waals surface area (Å²) in [5.74, 6) is 2.52. The van der Waals surface area contributed by atoms with Crippen LogP contribution in [0.1, 0.15) is 77.2 Å². The number of carbonyl (C=O) groups excluding carboxylic acids is 1. The molecule has 1 aromatic heterocycles. The van der Waals surface area contributed by atoms with Crippen molar-refractivity contribution >= 4 is 28.6 Å². The summed E-state index contributed by atoms with van der Waals surface area (Å²) in [6.07, 6.45) is 11.9. The summed E-state index contributed by atoms with van der Waals surface area (Å²) in [6, 6.07) is 7.79. The van der Waals surface area contributed by atoms with Crippen LogP contribution in [-0.2, 0) is 4.79 Å². The smallest absolute Gasteiger partial charge is 0.262 e. The molecule has 32 heavy (non-hydrogen) atoms. The first-order valence-electron chi connectivity index (χ1n) is 12.5. The lowest BCUT2D eigenvalue weighted by atomic mass is 9.53. The number of para-hydroxylation sites is 1. The SMILES string of the molecule is C[C@@H](Sc1nc2ccccc2c(=O)n1C1CCCC1)C(=O)NC12CC3CC(CC(C3)C1)C2. The monoisotopic (exact) mass is 451 g/mol. The van der Waals surface area contributed by atoms with Crippen molar-refractivity contribution in [1.29, 1.82) is 0 Å². The highest BCUT2D eigenvalue weighted by atomic mass is 32.2. The first-order chi connectivity index (χ1) is 15.5. The maximum atomic E-state index is 13.4. The van der Waals surface area contributed by atoms with Crippen LogP contribution in [0.25, 0.3) is 10.9 Å². The van der Waals surface area contributed by atoms with Gasteiger partial charge in [0.05, 0.1) is 16.2 Å². The Labute approximate surface area is 193 Å². The Morgan fingerprint density at radius 1 is 1.09 bits per heavy atom. The van der Waals surface area contributed by atoms with Gasteiger partial charge in [-0.2, -0.15) is 0 Å². The van der Waals surface area contributed by atoms with Crippen LogP contribution < -0.4 is 10.9 Å². The number of thioether (sulfide) groups is 1. The number of nitrogens with zero attached hydrogens (tertiary/aromatic N) is 2. The number of hydrogen-bond acceptors (Lipinski definition) is 4. The van der Waals surface area contributed by atoms with E-state index in [0.717, 1.165) is 68.2 Å². The normalized spacial score (nSPS) is 32.5. The molecule has 0 spiro atoms. The second-order valence-corrected chi connectivity index (χ2v) is 12.3. The summed E-state index contributed by atoms with van der Waals surface area (Å²) < 4.78 is 1.90. The molecule has 4 bridgehead atoms. The van der Waals surface area contributed by atoms with Crippen molar-refractivity contribution in [3.8, 4) is 0 Å². The molecule has 2 aromatic rings. The van der Waals surface area contributed by atoms with Crippen molar-refractivity contribution in [1.82, 2.24) is 14.9 Å². The molecule has 5 saturated carbocycles. The Balaban J connectivity index is 1.26. The summed E-state index contributed by atoms with van der Waals surface area (Å²) in [4.78, 5) is 31.6. The topological polar surface area (TPSA) is 64.0 Å². The first-order valence-corrected chi connectivity index (χ1v) is 13.4. The summed E-state index contributed by atoms with van der Waals surface area (Å²) in [6.45, 7) is 1.97. The lowest BCUT2D eigenvalue weighted by Gasteiger charge is -2.57. The summed E-state index contributed by atoms with van der Waals surface area (Å²) >= 11 is 1.46. The fourth-order valence-electron chi connectivity index (χ4n) is 7.53. The minimum atomic E-state index is -0.274. The Morgan fingerprint density at radius 2 is 1.72 bits per heavy atom. The molecule has 0 aliphatic heterocycles. The van der Waals surface area contributed by atoms with Crippen LogP contribution in [0.5, 0.6) is 0 Å². The van der Waals surface area contributed by atoms with Gasteiger partial charge in [0, 0.05) is 11.6 Å². The van der Waals surface area contributed by atoms with Gasteiger partial charge < -0.3 is 5.32 Å². The third-order valence-corrected chi connectivity index (χ3v) is 9.61. The van der Waals surface area contributed by atoms with Gasteiger partial charge in [-0.25, -0.2) is 4.98 Å². The van der Waals surface area contributed by atoms with Crippen molar-refractivity contribution in [3.05, 3.63) is 34.6 Å². The summed E-state index contributed by atoms with van der Waals surface area (Å²) in [7, 11) is 0. The molecule has 1 heterocycles. The highest BCUT2D eigenvalue weighted by Gasteiger charge is 2.51. The molecule has 7 rings (SSSR count). The molecule has 1 atom stereocenters. The molecular weight excluding hydrogens is 418 g/mol. The van der Waals surface area contributed by atoms with E-state index in [4.69, 9.17) is 4.98 Å². The molecule has 5 aliphatic carbocycles. The van der Waals surface area contributed by atoms with Crippen molar-refractivity contribution in [2.45, 2.75) is 93.1 Å². The number of benzene rings is 1. The average molecular weight is 452 g/mol. The Morgan fingerprint density at radius 3 is 2.38 bits per heavy atom. The fraction of sp³-hybridized carbons (Fsp3) is 0.654. The van der Waals surface area contributed by atoms with E-state index in [-0.39, 0.29) is 28.3 Å². The summed E-state index contributed by atoms with van der Waals surface area (Å²) in [5.41, 5.74) is 0.782. The van der Waals surface area contributed by atoms with Gasteiger partial charge in [0.15, 0.2) is 5.16 Å². The Hall–Kier alpha value is -1.82. The molecule has 170 valence electrons. The predicted molar refractivity (Wildman–Crippen MR) is 128 cm³/mol. The van der Waals surface area contributed by atoms with E-state index in [1.807, 2.05) is 35.8 Å². The predicted octanol–water partition coefficient (Wildman–Crippen LogP) is 5.08. The second kappa shape index (κ2) is 7.89. The van der Waals surface area contributed by atoms with E-state index in [9.17, 15) is 9.59 Å². The lowest BCUT2D eigenvalue weighted by Crippen LogP contribution is -2.60. The molecule has 0 saturated heterocycles. The van der Waals surface area contributed by atoms with E-state index < -0.39 is 0 Å². The van der Waals surface area contributed by atoms with Crippen molar-refractivity contribution in [2.24, 2.45) is 17.8 Å². The molecule has 0 radical (unpaired) electrons. The van der Waals surface area contributed by atoms with Crippen LogP contribution in [0.2, 0.25) is 0 Å². The third kappa shape index (κ3) is 3.59. The minimum absolute atomic E-state index is 0.0165. The van der Waals surface area contributed by atoms with Gasteiger partial charge in [-0.1, -0.05) is 36.7 Å². The Bertz CT molecular complexity index is 1070. The third-order valence-electron chi connectivity index (χ3n) is 8.54. The average Bonchev–Trinajstić information content (AvgIpc) is 3.27. The number of rotatable bonds is 5. The molecule has 5 aliphatic rings. The van der Waals surface area contributed by atoms with Crippen molar-refractivity contribution < 1.29 is 4.79 Å². The standard InChI is InChI=1S/C26H33N3O2S/c1-16(23(30)28-26-13-17-10-18(14-26)12-19(11-17)15-26)32-25-27-22-9-5-4-8-21(22)24(31)29(25)20-6-2-3-7-20/h4-5,8-9,16-20H,2-3,6-7,10-15H2,1H3,(H,28,30)/t16-,17?,18?,19?,26?/m1/s1. The van der Waals surface area contributed by atoms with Crippen LogP contribution >= 0.6 is 11.8 Å². The van der Waals surface area contributed by atoms with Gasteiger partial charge >= 0.3 is 0 Å². The molecule has 1 N–H and O–H groups in total. The number of hydrogen-bond donors (Lipinski definition) is 1. The van der Waals surface area contributed by atoms with E-state index in [0.29, 0.717) is 10.5 Å². The molecular formula is C26H33N3O2S. The minimum Gasteiger partial charge on any atom is -0.350 e. The van der Waals surface area contributed by atoms with Gasteiger partial charge in [-0.05, 0) is 88.2 Å². The van der Waals surface area contributed by atoms with Gasteiger partial charge in [0.25, 0.3) is 5.56 Å². The number of amides is 1. The zero-order valence-corrected chi connectivity index (χ0v) is 19.7. The van der Waals surface area contributed by atoms with Crippen LogP contribution in [-0.4, -0.2) is 26.2 Å². The zero-order chi connectivity index (χ0) is 21.9. The van der Waals surface area contributed by atoms with Crippen molar-refractivity contribution in [3.63, 3.8) is 0 Å². The van der Waals surface area contributed by atoms with Crippen LogP contribution in [0.15, 0.2) is 34.2 Å². The summed E-state index contributed by atoms with van der Waals surface area (Å²) in [5, 5.41) is 4.61. The van der Waals surface area contributed by atoms with Crippen LogP contribution in [0, 0.1) is 17.8 Å². The maximum Gasteiger partial charge on any atom is 0.262 e. The number of aromatic nitrogens is 2. The van der Waals surface area contributed by atoms with E-state index >= 15 is 0 Å². The zero-order valence-electron chi connectivity index (χ0n) is 18.9. The van der Waals surface area contributed by atoms with E-state index in [1.54, 1.807) is 0 Å². The van der Waals surface area contributed by atoms with Gasteiger partial charge in [-0.3, -0.25) is 14.2 Å². The number of fused-ring (bicyclic) bond motifs is 1. The quantitative estimate of drug-likeness (QED) is 0.509. The second-order valence-electron chi connectivity index (χ2n) is 11.0. The molecule has 5 fully saturated rings. The lowest BCUT2D eigenvalue weighted by molar-refractivity contribution is -0.126. The van der Waals surface area contributed by atoms with Crippen LogP contribution in [0.4, 0.5) is 0 Å². The molecule has 0 unspecified atom stereocenters. The highest BCUT2D eigenvalue weighted by molar-refractivity contribution is 8.00. The number of nitrogens with one attached hydrogen (secondary N) is 1. The highest BCUT2D eigenvalue weighted by Crippen LogP contribution is 2.55. The Kier molecular flexibility index (Phi) is 5.12. The van der Waals surface area contributed by atoms with Gasteiger partial charge in [0.2, 0.25) is 5.91 Å². The van der Waals surface area contributed by atoms with E-state index in [1.165, 1.54) is 31.0 Å². The van der Waals surface area contributed by atoms with Gasteiger partial charge in [0.1, 0.15) is 0 Å². The molecule has 6 heteroatoms. The molecule has 5 nitrogen and oxygen atoms in total. The maximum absolute atomic E-state index is 13.4. The fourth-order valence-corrected chi connectivity index (χ4v) is 8.51. The van der Waals surface area contributed by atoms with Gasteiger partial charge in [-0.15, -0.1) is 0 Å². The largest absolute Gasteiger partial charge is 0.350 e. The van der Waals surface area contributed by atoms with Crippen molar-refractivity contribution in [2.75, 3.05) is 0 Å².